The van der Waals surface area contributed by atoms with Crippen molar-refractivity contribution in [3.05, 3.63) is 46.8 Å². The largest absolute Gasteiger partial charge is 0.339 e. The van der Waals surface area contributed by atoms with Gasteiger partial charge in [0.15, 0.2) is 0 Å². The number of amides is 1. The molecule has 140 valence electrons. The van der Waals surface area contributed by atoms with Gasteiger partial charge in [0, 0.05) is 13.1 Å². The van der Waals surface area contributed by atoms with Crippen molar-refractivity contribution in [3.8, 4) is 5.69 Å². The molecule has 0 bridgehead atoms. The van der Waals surface area contributed by atoms with Gasteiger partial charge in [-0.1, -0.05) is 45.4 Å². The molecule has 2 aromatic rings. The minimum Gasteiger partial charge on any atom is -0.339 e. The number of aryl methyl sites for hydroxylation is 1. The van der Waals surface area contributed by atoms with Crippen molar-refractivity contribution in [2.75, 3.05) is 13.1 Å². The van der Waals surface area contributed by atoms with Crippen LogP contribution in [0.2, 0.25) is 0 Å². The van der Waals surface area contributed by atoms with Crippen LogP contribution in [-0.2, 0) is 0 Å². The second-order valence-electron chi connectivity index (χ2n) is 8.06. The Kier molecular flexibility index (Phi) is 5.49. The van der Waals surface area contributed by atoms with E-state index in [1.165, 1.54) is 12.0 Å². The molecule has 26 heavy (non-hydrogen) atoms. The first-order valence-corrected chi connectivity index (χ1v) is 9.89. The monoisotopic (exact) mass is 353 g/mol. The van der Waals surface area contributed by atoms with Crippen molar-refractivity contribution in [1.29, 1.82) is 0 Å². The quantitative estimate of drug-likeness (QED) is 0.771. The highest BCUT2D eigenvalue weighted by Gasteiger charge is 2.30. The SMILES string of the molecule is Cc1ccc(-n2nc(C(C)C)c(C(=O)N3CCCCC3)c2C(C)C)cc1. The molecule has 4 nitrogen and oxygen atoms in total. The zero-order valence-corrected chi connectivity index (χ0v) is 16.7. The fraction of sp³-hybridized carbons (Fsp3) is 0.545. The summed E-state index contributed by atoms with van der Waals surface area (Å²) in [5, 5.41) is 4.92. The third-order valence-corrected chi connectivity index (χ3v) is 5.18. The molecule has 1 aliphatic heterocycles. The average Bonchev–Trinajstić information content (AvgIpc) is 3.03. The molecule has 1 aromatic carbocycles. The number of piperidine rings is 1. The summed E-state index contributed by atoms with van der Waals surface area (Å²) in [6.07, 6.45) is 3.43. The predicted molar refractivity (Wildman–Crippen MR) is 106 cm³/mol. The topological polar surface area (TPSA) is 38.1 Å². The van der Waals surface area contributed by atoms with E-state index in [9.17, 15) is 4.79 Å². The number of rotatable bonds is 4. The molecule has 1 saturated heterocycles. The first-order valence-electron chi connectivity index (χ1n) is 9.89. The summed E-state index contributed by atoms with van der Waals surface area (Å²) in [7, 11) is 0. The van der Waals surface area contributed by atoms with Gasteiger partial charge in [0.05, 0.1) is 22.6 Å². The van der Waals surface area contributed by atoms with Gasteiger partial charge < -0.3 is 4.90 Å². The van der Waals surface area contributed by atoms with E-state index in [0.29, 0.717) is 0 Å². The van der Waals surface area contributed by atoms with Crippen molar-refractivity contribution in [3.63, 3.8) is 0 Å². The number of hydrogen-bond donors (Lipinski definition) is 0. The van der Waals surface area contributed by atoms with E-state index in [2.05, 4.69) is 58.9 Å². The summed E-state index contributed by atoms with van der Waals surface area (Å²) in [4.78, 5) is 15.4. The minimum atomic E-state index is 0.162. The van der Waals surface area contributed by atoms with Gasteiger partial charge in [0.25, 0.3) is 5.91 Å². The van der Waals surface area contributed by atoms with Crippen LogP contribution in [0.4, 0.5) is 0 Å². The Bertz CT molecular complexity index is 765. The van der Waals surface area contributed by atoms with Crippen LogP contribution in [0.1, 0.15) is 86.1 Å². The van der Waals surface area contributed by atoms with Crippen LogP contribution in [0.15, 0.2) is 24.3 Å². The summed E-state index contributed by atoms with van der Waals surface area (Å²) >= 11 is 0. The first kappa shape index (κ1) is 18.7. The normalized spacial score (nSPS) is 15.1. The number of nitrogens with zero attached hydrogens (tertiary/aromatic N) is 3. The third kappa shape index (κ3) is 3.55. The number of likely N-dealkylation sites (tertiary alicyclic amines) is 1. The molecule has 4 heteroatoms. The van der Waals surface area contributed by atoms with Crippen LogP contribution in [-0.4, -0.2) is 33.7 Å². The Morgan fingerprint density at radius 1 is 0.962 bits per heavy atom. The lowest BCUT2D eigenvalue weighted by molar-refractivity contribution is 0.0721. The Morgan fingerprint density at radius 2 is 1.58 bits per heavy atom. The zero-order chi connectivity index (χ0) is 18.8. The molecule has 0 atom stereocenters. The number of carbonyl (C=O) groups is 1. The van der Waals surface area contributed by atoms with E-state index in [4.69, 9.17) is 5.10 Å². The van der Waals surface area contributed by atoms with Gasteiger partial charge in [-0.15, -0.1) is 0 Å². The third-order valence-electron chi connectivity index (χ3n) is 5.18. The van der Waals surface area contributed by atoms with E-state index in [1.54, 1.807) is 0 Å². The molecule has 0 spiro atoms. The molecule has 0 saturated carbocycles. The van der Waals surface area contributed by atoms with Gasteiger partial charge in [-0.05, 0) is 50.2 Å². The summed E-state index contributed by atoms with van der Waals surface area (Å²) < 4.78 is 2.00. The Hall–Kier alpha value is -2.10. The Labute approximate surface area is 157 Å². The number of benzene rings is 1. The second-order valence-corrected chi connectivity index (χ2v) is 8.06. The molecule has 1 fully saturated rings. The van der Waals surface area contributed by atoms with E-state index in [0.717, 1.165) is 48.6 Å². The molecular formula is C22H31N3O. The van der Waals surface area contributed by atoms with Crippen molar-refractivity contribution in [2.24, 2.45) is 0 Å². The first-order chi connectivity index (χ1) is 12.4. The summed E-state index contributed by atoms with van der Waals surface area (Å²) in [5.41, 5.74) is 5.04. The summed E-state index contributed by atoms with van der Waals surface area (Å²) in [6, 6.07) is 8.38. The molecule has 0 unspecified atom stereocenters. The van der Waals surface area contributed by atoms with Crippen LogP contribution in [0.3, 0.4) is 0 Å². The highest BCUT2D eigenvalue weighted by Crippen LogP contribution is 2.31. The molecule has 0 radical (unpaired) electrons. The average molecular weight is 354 g/mol. The zero-order valence-electron chi connectivity index (χ0n) is 16.7. The highest BCUT2D eigenvalue weighted by atomic mass is 16.2. The molecule has 1 aliphatic rings. The molecule has 2 heterocycles. The molecule has 3 rings (SSSR count). The van der Waals surface area contributed by atoms with Crippen LogP contribution in [0, 0.1) is 6.92 Å². The van der Waals surface area contributed by atoms with E-state index < -0.39 is 0 Å². The highest BCUT2D eigenvalue weighted by molar-refractivity contribution is 5.97. The maximum atomic E-state index is 13.4. The van der Waals surface area contributed by atoms with Gasteiger partial charge in [-0.2, -0.15) is 5.10 Å². The van der Waals surface area contributed by atoms with Gasteiger partial charge >= 0.3 is 0 Å². The van der Waals surface area contributed by atoms with Crippen LogP contribution >= 0.6 is 0 Å². The van der Waals surface area contributed by atoms with E-state index in [-0.39, 0.29) is 17.7 Å². The van der Waals surface area contributed by atoms with Crippen molar-refractivity contribution in [2.45, 2.75) is 65.7 Å². The molecular weight excluding hydrogens is 322 g/mol. The van der Waals surface area contributed by atoms with Gasteiger partial charge in [-0.3, -0.25) is 4.79 Å². The van der Waals surface area contributed by atoms with Gasteiger partial charge in [-0.25, -0.2) is 4.68 Å². The minimum absolute atomic E-state index is 0.162. The predicted octanol–water partition coefficient (Wildman–Crippen LogP) is 5.05. The van der Waals surface area contributed by atoms with Crippen molar-refractivity contribution < 1.29 is 4.79 Å². The molecule has 1 aromatic heterocycles. The second kappa shape index (κ2) is 7.65. The van der Waals surface area contributed by atoms with Crippen molar-refractivity contribution in [1.82, 2.24) is 14.7 Å². The standard InChI is InChI=1S/C22H31N3O/c1-15(2)20-19(22(26)24-13-7-6-8-14-24)21(16(3)4)25(23-20)18-11-9-17(5)10-12-18/h9-12,15-16H,6-8,13-14H2,1-5H3. The van der Waals surface area contributed by atoms with E-state index >= 15 is 0 Å². The Morgan fingerprint density at radius 3 is 2.12 bits per heavy atom. The lowest BCUT2D eigenvalue weighted by Gasteiger charge is -2.27. The summed E-state index contributed by atoms with van der Waals surface area (Å²) in [6.45, 7) is 12.4. The Balaban J connectivity index is 2.14. The molecule has 0 aliphatic carbocycles. The van der Waals surface area contributed by atoms with Crippen LogP contribution in [0.25, 0.3) is 5.69 Å². The maximum Gasteiger partial charge on any atom is 0.257 e. The van der Waals surface area contributed by atoms with Crippen molar-refractivity contribution >= 4 is 5.91 Å². The number of carbonyl (C=O) groups excluding carboxylic acids is 1. The smallest absolute Gasteiger partial charge is 0.257 e. The van der Waals surface area contributed by atoms with Gasteiger partial charge in [0.2, 0.25) is 0 Å². The lowest BCUT2D eigenvalue weighted by atomic mass is 9.97. The number of aromatic nitrogens is 2. The van der Waals surface area contributed by atoms with Gasteiger partial charge in [0.1, 0.15) is 0 Å². The molecule has 1 amide bonds. The lowest BCUT2D eigenvalue weighted by Crippen LogP contribution is -2.36. The van der Waals surface area contributed by atoms with Crippen LogP contribution < -0.4 is 0 Å². The fourth-order valence-electron chi connectivity index (χ4n) is 3.74. The van der Waals surface area contributed by atoms with Crippen LogP contribution in [0.5, 0.6) is 0 Å². The molecule has 0 N–H and O–H groups in total. The van der Waals surface area contributed by atoms with E-state index in [1.807, 2.05) is 9.58 Å². The summed E-state index contributed by atoms with van der Waals surface area (Å²) in [5.74, 6) is 0.596. The maximum absolute atomic E-state index is 13.4. The fourth-order valence-corrected chi connectivity index (χ4v) is 3.74. The number of hydrogen-bond acceptors (Lipinski definition) is 2.